The molecule has 2 aromatic rings. The van der Waals surface area contributed by atoms with Crippen molar-refractivity contribution in [1.82, 2.24) is 9.55 Å². The third-order valence-corrected chi connectivity index (χ3v) is 2.33. The first-order valence-corrected chi connectivity index (χ1v) is 4.70. The van der Waals surface area contributed by atoms with Crippen molar-refractivity contribution in [1.29, 1.82) is 0 Å². The monoisotopic (exact) mass is 238 g/mol. The molecular formula is C11H8F2N2O2. The highest BCUT2D eigenvalue weighted by Gasteiger charge is 2.18. The van der Waals surface area contributed by atoms with Crippen molar-refractivity contribution in [3.8, 4) is 11.3 Å². The van der Waals surface area contributed by atoms with Crippen LogP contribution in [0.15, 0.2) is 24.5 Å². The van der Waals surface area contributed by atoms with Crippen molar-refractivity contribution in [2.24, 2.45) is 7.05 Å². The average Bonchev–Trinajstić information content (AvgIpc) is 2.64. The van der Waals surface area contributed by atoms with Crippen LogP contribution in [0.2, 0.25) is 0 Å². The van der Waals surface area contributed by atoms with Gasteiger partial charge in [0.15, 0.2) is 17.3 Å². The number of hydrogen-bond donors (Lipinski definition) is 1. The van der Waals surface area contributed by atoms with Crippen LogP contribution in [-0.4, -0.2) is 20.6 Å². The molecule has 17 heavy (non-hydrogen) atoms. The van der Waals surface area contributed by atoms with E-state index in [-0.39, 0.29) is 17.0 Å². The molecule has 1 heterocycles. The van der Waals surface area contributed by atoms with Crippen molar-refractivity contribution >= 4 is 5.97 Å². The van der Waals surface area contributed by atoms with Crippen LogP contribution in [0.25, 0.3) is 11.3 Å². The van der Waals surface area contributed by atoms with E-state index in [0.717, 1.165) is 12.1 Å². The minimum atomic E-state index is -1.18. The van der Waals surface area contributed by atoms with Gasteiger partial charge in [-0.3, -0.25) is 0 Å². The molecular weight excluding hydrogens is 230 g/mol. The fourth-order valence-electron chi connectivity index (χ4n) is 1.54. The summed E-state index contributed by atoms with van der Waals surface area (Å²) >= 11 is 0. The van der Waals surface area contributed by atoms with Crippen LogP contribution < -0.4 is 0 Å². The second-order valence-corrected chi connectivity index (χ2v) is 3.49. The first kappa shape index (κ1) is 11.3. The van der Waals surface area contributed by atoms with E-state index in [9.17, 15) is 13.6 Å². The van der Waals surface area contributed by atoms with Crippen LogP contribution in [0.4, 0.5) is 8.78 Å². The maximum atomic E-state index is 13.0. The molecule has 0 aliphatic rings. The van der Waals surface area contributed by atoms with E-state index in [1.165, 1.54) is 24.0 Å². The molecule has 0 fully saturated rings. The van der Waals surface area contributed by atoms with E-state index in [0.29, 0.717) is 0 Å². The molecule has 0 amide bonds. The van der Waals surface area contributed by atoms with E-state index in [1.54, 1.807) is 0 Å². The Morgan fingerprint density at radius 1 is 1.35 bits per heavy atom. The summed E-state index contributed by atoms with van der Waals surface area (Å²) in [6, 6.07) is 3.14. The van der Waals surface area contributed by atoms with Gasteiger partial charge in [0.1, 0.15) is 5.69 Å². The fourth-order valence-corrected chi connectivity index (χ4v) is 1.54. The number of nitrogens with zero attached hydrogens (tertiary/aromatic N) is 2. The van der Waals surface area contributed by atoms with Gasteiger partial charge in [-0.1, -0.05) is 0 Å². The second-order valence-electron chi connectivity index (χ2n) is 3.49. The molecule has 0 saturated carbocycles. The van der Waals surface area contributed by atoms with Gasteiger partial charge in [0.05, 0.1) is 6.33 Å². The van der Waals surface area contributed by atoms with Gasteiger partial charge in [0.25, 0.3) is 0 Å². The highest BCUT2D eigenvalue weighted by molar-refractivity contribution is 5.93. The van der Waals surface area contributed by atoms with E-state index < -0.39 is 17.6 Å². The number of benzene rings is 1. The topological polar surface area (TPSA) is 55.1 Å². The maximum absolute atomic E-state index is 13.0. The number of halogens is 2. The Morgan fingerprint density at radius 3 is 2.65 bits per heavy atom. The lowest BCUT2D eigenvalue weighted by atomic mass is 10.1. The molecule has 0 radical (unpaired) electrons. The SMILES string of the molecule is Cn1cnc(-c2ccc(F)c(F)c2)c1C(=O)O. The van der Waals surface area contributed by atoms with Crippen LogP contribution in [-0.2, 0) is 7.05 Å². The highest BCUT2D eigenvalue weighted by Crippen LogP contribution is 2.23. The standard InChI is InChI=1S/C11H8F2N2O2/c1-15-5-14-9(10(15)11(16)17)6-2-3-7(12)8(13)4-6/h2-5H,1H3,(H,16,17). The third kappa shape index (κ3) is 1.89. The summed E-state index contributed by atoms with van der Waals surface area (Å²) in [5, 5.41) is 8.99. The number of carboxylic acid groups (broad SMARTS) is 1. The Hall–Kier alpha value is -2.24. The fraction of sp³-hybridized carbons (Fsp3) is 0.0909. The van der Waals surface area contributed by atoms with Crippen molar-refractivity contribution in [3.63, 3.8) is 0 Å². The molecule has 2 rings (SSSR count). The molecule has 0 saturated heterocycles. The average molecular weight is 238 g/mol. The van der Waals surface area contributed by atoms with Crippen LogP contribution in [0.3, 0.4) is 0 Å². The minimum absolute atomic E-state index is 0.0731. The summed E-state index contributed by atoms with van der Waals surface area (Å²) in [6.45, 7) is 0. The summed E-state index contributed by atoms with van der Waals surface area (Å²) in [6.07, 6.45) is 1.31. The zero-order valence-corrected chi connectivity index (χ0v) is 8.82. The van der Waals surface area contributed by atoms with Crippen LogP contribution in [0, 0.1) is 11.6 Å². The lowest BCUT2D eigenvalue weighted by Crippen LogP contribution is -2.05. The first-order chi connectivity index (χ1) is 8.00. The summed E-state index contributed by atoms with van der Waals surface area (Å²) < 4.78 is 27.1. The van der Waals surface area contributed by atoms with Gasteiger partial charge in [-0.05, 0) is 18.2 Å². The van der Waals surface area contributed by atoms with E-state index >= 15 is 0 Å². The molecule has 88 valence electrons. The number of carboxylic acids is 1. The van der Waals surface area contributed by atoms with Crippen molar-refractivity contribution in [2.45, 2.75) is 0 Å². The summed E-state index contributed by atoms with van der Waals surface area (Å²) in [5.74, 6) is -3.20. The smallest absolute Gasteiger partial charge is 0.354 e. The van der Waals surface area contributed by atoms with Crippen molar-refractivity contribution in [3.05, 3.63) is 41.9 Å². The van der Waals surface area contributed by atoms with E-state index in [4.69, 9.17) is 5.11 Å². The van der Waals surface area contributed by atoms with Crippen LogP contribution in [0.5, 0.6) is 0 Å². The summed E-state index contributed by atoms with van der Waals surface area (Å²) in [4.78, 5) is 14.9. The number of rotatable bonds is 2. The summed E-state index contributed by atoms with van der Waals surface area (Å²) in [5.41, 5.74) is 0.261. The molecule has 0 aliphatic carbocycles. The van der Waals surface area contributed by atoms with E-state index in [1.807, 2.05) is 0 Å². The molecule has 1 N–H and O–H groups in total. The maximum Gasteiger partial charge on any atom is 0.354 e. The molecule has 1 aromatic heterocycles. The Labute approximate surface area is 95.1 Å². The van der Waals surface area contributed by atoms with E-state index in [2.05, 4.69) is 4.98 Å². The van der Waals surface area contributed by atoms with Gasteiger partial charge in [-0.15, -0.1) is 0 Å². The molecule has 0 spiro atoms. The highest BCUT2D eigenvalue weighted by atomic mass is 19.2. The van der Waals surface area contributed by atoms with Gasteiger partial charge in [0.2, 0.25) is 0 Å². The number of aromatic carboxylic acids is 1. The molecule has 6 heteroatoms. The largest absolute Gasteiger partial charge is 0.477 e. The van der Waals surface area contributed by atoms with Gasteiger partial charge in [-0.2, -0.15) is 0 Å². The second kappa shape index (κ2) is 3.97. The van der Waals surface area contributed by atoms with Crippen molar-refractivity contribution < 1.29 is 18.7 Å². The van der Waals surface area contributed by atoms with Gasteiger partial charge in [-0.25, -0.2) is 18.6 Å². The summed E-state index contributed by atoms with van der Waals surface area (Å²) in [7, 11) is 1.51. The molecule has 0 atom stereocenters. The van der Waals surface area contributed by atoms with Crippen LogP contribution >= 0.6 is 0 Å². The lowest BCUT2D eigenvalue weighted by molar-refractivity contribution is 0.0687. The zero-order chi connectivity index (χ0) is 12.6. The molecule has 0 unspecified atom stereocenters. The molecule has 1 aromatic carbocycles. The van der Waals surface area contributed by atoms with Gasteiger partial charge < -0.3 is 9.67 Å². The lowest BCUT2D eigenvalue weighted by Gasteiger charge is -2.02. The Morgan fingerprint density at radius 2 is 2.06 bits per heavy atom. The predicted molar refractivity (Wildman–Crippen MR) is 55.5 cm³/mol. The third-order valence-electron chi connectivity index (χ3n) is 2.33. The first-order valence-electron chi connectivity index (χ1n) is 4.70. The minimum Gasteiger partial charge on any atom is -0.477 e. The van der Waals surface area contributed by atoms with Gasteiger partial charge in [0, 0.05) is 12.6 Å². The quantitative estimate of drug-likeness (QED) is 0.871. The number of aromatic nitrogens is 2. The predicted octanol–water partition coefficient (Wildman–Crippen LogP) is 2.06. The van der Waals surface area contributed by atoms with Crippen molar-refractivity contribution in [2.75, 3.05) is 0 Å². The molecule has 0 bridgehead atoms. The molecule has 4 nitrogen and oxygen atoms in total. The number of aryl methyl sites for hydroxylation is 1. The number of carbonyl (C=O) groups is 1. The van der Waals surface area contributed by atoms with Crippen LogP contribution in [0.1, 0.15) is 10.5 Å². The number of imidazole rings is 1. The Bertz CT molecular complexity index is 593. The number of hydrogen-bond acceptors (Lipinski definition) is 2. The molecule has 0 aliphatic heterocycles. The Balaban J connectivity index is 2.60. The van der Waals surface area contributed by atoms with Gasteiger partial charge >= 0.3 is 5.97 Å². The normalized spacial score (nSPS) is 10.5. The zero-order valence-electron chi connectivity index (χ0n) is 8.82. The Kier molecular flexibility index (Phi) is 2.63.